The van der Waals surface area contributed by atoms with Gasteiger partial charge in [-0.1, -0.05) is 0 Å². The van der Waals surface area contributed by atoms with Crippen LogP contribution in [0.25, 0.3) is 0 Å². The van der Waals surface area contributed by atoms with E-state index >= 15 is 0 Å². The average Bonchev–Trinajstić information content (AvgIpc) is 2.86. The third kappa shape index (κ3) is 2.77. The van der Waals surface area contributed by atoms with Gasteiger partial charge in [0, 0.05) is 23.6 Å². The number of aromatic amines is 1. The molecule has 1 aromatic heterocycles. The van der Waals surface area contributed by atoms with Crippen molar-refractivity contribution in [1.82, 2.24) is 4.98 Å². The first-order valence-electron chi connectivity index (χ1n) is 5.55. The number of aromatic carboxylic acids is 1. The molecule has 0 saturated heterocycles. The molecule has 0 aliphatic carbocycles. The molecule has 0 fully saturated rings. The molecule has 0 amide bonds. The van der Waals surface area contributed by atoms with E-state index in [0.29, 0.717) is 0 Å². The van der Waals surface area contributed by atoms with Crippen molar-refractivity contribution in [2.75, 3.05) is 6.26 Å². The van der Waals surface area contributed by atoms with E-state index in [-0.39, 0.29) is 27.5 Å². The molecular formula is C13H11NO5S. The Bertz CT molecular complexity index is 771. The maximum absolute atomic E-state index is 12.1. The number of carbonyl (C=O) groups excluding carboxylic acids is 1. The molecule has 0 atom stereocenters. The monoisotopic (exact) mass is 293 g/mol. The van der Waals surface area contributed by atoms with E-state index < -0.39 is 15.8 Å². The minimum absolute atomic E-state index is 0.0823. The highest BCUT2D eigenvalue weighted by Gasteiger charge is 2.15. The van der Waals surface area contributed by atoms with Gasteiger partial charge in [-0.3, -0.25) is 4.79 Å². The molecule has 20 heavy (non-hydrogen) atoms. The van der Waals surface area contributed by atoms with Gasteiger partial charge in [0.05, 0.1) is 4.90 Å². The maximum Gasteiger partial charge on any atom is 0.352 e. The van der Waals surface area contributed by atoms with E-state index in [1.165, 1.54) is 36.5 Å². The molecule has 0 spiro atoms. The van der Waals surface area contributed by atoms with Gasteiger partial charge in [-0.25, -0.2) is 13.2 Å². The van der Waals surface area contributed by atoms with Crippen molar-refractivity contribution >= 4 is 21.6 Å². The van der Waals surface area contributed by atoms with Gasteiger partial charge < -0.3 is 10.1 Å². The Balaban J connectivity index is 2.31. The lowest BCUT2D eigenvalue weighted by atomic mass is 10.1. The number of aromatic nitrogens is 1. The van der Waals surface area contributed by atoms with Crippen LogP contribution in [0.15, 0.2) is 41.4 Å². The molecule has 0 bridgehead atoms. The number of carbonyl (C=O) groups is 2. The van der Waals surface area contributed by atoms with E-state index in [0.717, 1.165) is 6.26 Å². The van der Waals surface area contributed by atoms with Gasteiger partial charge in [0.25, 0.3) is 0 Å². The lowest BCUT2D eigenvalue weighted by Crippen LogP contribution is -2.02. The highest BCUT2D eigenvalue weighted by Crippen LogP contribution is 2.15. The molecule has 2 rings (SSSR count). The minimum atomic E-state index is -3.31. The first kappa shape index (κ1) is 14.0. The number of H-pyrrole nitrogens is 1. The highest BCUT2D eigenvalue weighted by atomic mass is 32.2. The second-order valence-electron chi connectivity index (χ2n) is 4.23. The predicted molar refractivity (Wildman–Crippen MR) is 70.7 cm³/mol. The molecule has 1 heterocycles. The molecule has 7 heteroatoms. The number of benzene rings is 1. The van der Waals surface area contributed by atoms with Crippen LogP contribution in [0.1, 0.15) is 26.4 Å². The zero-order valence-electron chi connectivity index (χ0n) is 10.5. The second-order valence-corrected chi connectivity index (χ2v) is 6.25. The fraction of sp³-hybridized carbons (Fsp3) is 0.0769. The van der Waals surface area contributed by atoms with Crippen molar-refractivity contribution < 1.29 is 23.1 Å². The topological polar surface area (TPSA) is 104 Å². The molecule has 2 N–H and O–H groups in total. The van der Waals surface area contributed by atoms with Crippen LogP contribution in [-0.2, 0) is 9.84 Å². The molecule has 2 aromatic rings. The summed E-state index contributed by atoms with van der Waals surface area (Å²) in [4.78, 5) is 25.4. The van der Waals surface area contributed by atoms with E-state index in [4.69, 9.17) is 5.11 Å². The second kappa shape index (κ2) is 4.93. The Morgan fingerprint density at radius 2 is 1.70 bits per heavy atom. The van der Waals surface area contributed by atoms with Gasteiger partial charge in [0.2, 0.25) is 0 Å². The number of rotatable bonds is 4. The standard InChI is InChI=1S/C13H11NO5S/c1-20(18,19)10-4-2-8(3-5-10)12(15)9-6-11(13(16)17)14-7-9/h2-7,14H,1H3,(H,16,17). The Hall–Kier alpha value is -2.41. The Morgan fingerprint density at radius 1 is 1.10 bits per heavy atom. The molecule has 0 saturated carbocycles. The van der Waals surface area contributed by atoms with Crippen LogP contribution in [0.4, 0.5) is 0 Å². The molecule has 0 aliphatic rings. The Labute approximate surface area is 115 Å². The number of sulfone groups is 1. The van der Waals surface area contributed by atoms with E-state index in [1.54, 1.807) is 0 Å². The van der Waals surface area contributed by atoms with Crippen LogP contribution in [0.3, 0.4) is 0 Å². The van der Waals surface area contributed by atoms with Gasteiger partial charge in [0.15, 0.2) is 15.6 Å². The Kier molecular flexibility index (Phi) is 3.46. The third-order valence-corrected chi connectivity index (χ3v) is 3.85. The average molecular weight is 293 g/mol. The number of carboxylic acid groups (broad SMARTS) is 1. The van der Waals surface area contributed by atoms with Crippen LogP contribution in [0.5, 0.6) is 0 Å². The fourth-order valence-corrected chi connectivity index (χ4v) is 2.30. The summed E-state index contributed by atoms with van der Waals surface area (Å²) in [5.74, 6) is -1.54. The van der Waals surface area contributed by atoms with Crippen molar-refractivity contribution in [3.05, 3.63) is 53.3 Å². The summed E-state index contributed by atoms with van der Waals surface area (Å²) in [7, 11) is -3.31. The lowest BCUT2D eigenvalue weighted by molar-refractivity contribution is 0.0691. The Morgan fingerprint density at radius 3 is 2.15 bits per heavy atom. The van der Waals surface area contributed by atoms with Crippen LogP contribution >= 0.6 is 0 Å². The highest BCUT2D eigenvalue weighted by molar-refractivity contribution is 7.90. The molecule has 6 nitrogen and oxygen atoms in total. The number of nitrogens with one attached hydrogen (secondary N) is 1. The zero-order chi connectivity index (χ0) is 14.9. The normalized spacial score (nSPS) is 11.2. The minimum Gasteiger partial charge on any atom is -0.477 e. The van der Waals surface area contributed by atoms with E-state index in [1.807, 2.05) is 0 Å². The predicted octanol–water partition coefficient (Wildman–Crippen LogP) is 1.35. The summed E-state index contributed by atoms with van der Waals surface area (Å²) >= 11 is 0. The van der Waals surface area contributed by atoms with Gasteiger partial charge in [0.1, 0.15) is 5.69 Å². The molecular weight excluding hydrogens is 282 g/mol. The van der Waals surface area contributed by atoms with Gasteiger partial charge in [-0.05, 0) is 30.3 Å². The largest absolute Gasteiger partial charge is 0.477 e. The summed E-state index contributed by atoms with van der Waals surface area (Å²) in [5, 5.41) is 8.77. The summed E-state index contributed by atoms with van der Waals surface area (Å²) in [5.41, 5.74) is 0.406. The molecule has 0 unspecified atom stereocenters. The van der Waals surface area contributed by atoms with Crippen LogP contribution in [0.2, 0.25) is 0 Å². The lowest BCUT2D eigenvalue weighted by Gasteiger charge is -2.01. The SMILES string of the molecule is CS(=O)(=O)c1ccc(C(=O)c2c[nH]c(C(=O)O)c2)cc1. The first-order chi connectivity index (χ1) is 9.29. The number of carboxylic acids is 1. The molecule has 0 aliphatic heterocycles. The number of hydrogen-bond donors (Lipinski definition) is 2. The summed E-state index contributed by atoms with van der Waals surface area (Å²) in [6.45, 7) is 0. The molecule has 1 aromatic carbocycles. The van der Waals surface area contributed by atoms with Crippen molar-refractivity contribution in [3.8, 4) is 0 Å². The zero-order valence-corrected chi connectivity index (χ0v) is 11.3. The first-order valence-corrected chi connectivity index (χ1v) is 7.45. The molecule has 104 valence electrons. The van der Waals surface area contributed by atoms with Gasteiger partial charge in [-0.2, -0.15) is 0 Å². The summed E-state index contributed by atoms with van der Waals surface area (Å²) in [6.07, 6.45) is 2.38. The van der Waals surface area contributed by atoms with Crippen molar-refractivity contribution in [2.24, 2.45) is 0 Å². The van der Waals surface area contributed by atoms with Gasteiger partial charge >= 0.3 is 5.97 Å². The summed E-state index contributed by atoms with van der Waals surface area (Å²) in [6, 6.07) is 6.70. The maximum atomic E-state index is 12.1. The van der Waals surface area contributed by atoms with Crippen LogP contribution in [-0.4, -0.2) is 36.5 Å². The fourth-order valence-electron chi connectivity index (χ4n) is 1.67. The quantitative estimate of drug-likeness (QED) is 0.828. The third-order valence-electron chi connectivity index (χ3n) is 2.72. The van der Waals surface area contributed by atoms with Crippen molar-refractivity contribution in [1.29, 1.82) is 0 Å². The van der Waals surface area contributed by atoms with Crippen molar-refractivity contribution in [3.63, 3.8) is 0 Å². The van der Waals surface area contributed by atoms with Crippen molar-refractivity contribution in [2.45, 2.75) is 4.90 Å². The van der Waals surface area contributed by atoms with Crippen LogP contribution < -0.4 is 0 Å². The summed E-state index contributed by atoms with van der Waals surface area (Å²) < 4.78 is 22.6. The van der Waals surface area contributed by atoms with Gasteiger partial charge in [-0.15, -0.1) is 0 Å². The number of hydrogen-bond acceptors (Lipinski definition) is 4. The molecule has 0 radical (unpaired) electrons. The van der Waals surface area contributed by atoms with E-state index in [2.05, 4.69) is 4.98 Å². The number of ketones is 1. The van der Waals surface area contributed by atoms with Crippen LogP contribution in [0, 0.1) is 0 Å². The smallest absolute Gasteiger partial charge is 0.352 e. The van der Waals surface area contributed by atoms with E-state index in [9.17, 15) is 18.0 Å².